The van der Waals surface area contributed by atoms with Crippen LogP contribution in [-0.4, -0.2) is 25.4 Å². The highest BCUT2D eigenvalue weighted by Crippen LogP contribution is 2.21. The van der Waals surface area contributed by atoms with Gasteiger partial charge in [-0.3, -0.25) is 0 Å². The molecule has 0 aliphatic heterocycles. The van der Waals surface area contributed by atoms with Crippen LogP contribution in [0.1, 0.15) is 146 Å². The fourth-order valence-corrected chi connectivity index (χ4v) is 5.23. The number of rotatable bonds is 26. The summed E-state index contributed by atoms with van der Waals surface area (Å²) in [4.78, 5) is 0. The lowest BCUT2D eigenvalue weighted by molar-refractivity contribution is 0.0251. The third-order valence-corrected chi connectivity index (χ3v) is 9.14. The van der Waals surface area contributed by atoms with E-state index in [1.54, 1.807) is 14.2 Å². The molecule has 2 heteroatoms. The number of ether oxygens (including phenoxy) is 2. The highest BCUT2D eigenvalue weighted by molar-refractivity contribution is 5.01. The minimum absolute atomic E-state index is 0.0556. The third-order valence-electron chi connectivity index (χ3n) is 9.14. The summed E-state index contributed by atoms with van der Waals surface area (Å²) < 4.78 is 11.0. The van der Waals surface area contributed by atoms with E-state index in [9.17, 15) is 0 Å². The molecule has 6 unspecified atom stereocenters. The molecule has 0 aromatic heterocycles. The molecule has 0 bridgehead atoms. The topological polar surface area (TPSA) is 18.5 Å². The maximum Gasteiger partial charge on any atom is 0.0657 e. The quantitative estimate of drug-likeness (QED) is 0.0714. The first-order valence-corrected chi connectivity index (χ1v) is 18.1. The van der Waals surface area contributed by atoms with Crippen molar-refractivity contribution in [2.75, 3.05) is 14.2 Å². The van der Waals surface area contributed by atoms with Crippen LogP contribution in [0.5, 0.6) is 0 Å². The Morgan fingerprint density at radius 1 is 0.455 bits per heavy atom. The number of allylic oxidation sites excluding steroid dienone is 8. The minimum Gasteiger partial charge on any atom is -0.378 e. The van der Waals surface area contributed by atoms with Gasteiger partial charge in [-0.15, -0.1) is 0 Å². The predicted molar refractivity (Wildman–Crippen MR) is 198 cm³/mol. The second kappa shape index (κ2) is 24.8. The first-order chi connectivity index (χ1) is 20.7. The normalized spacial score (nSPS) is 17.8. The van der Waals surface area contributed by atoms with Gasteiger partial charge in [0.1, 0.15) is 0 Å². The van der Waals surface area contributed by atoms with Crippen LogP contribution in [0.4, 0.5) is 0 Å². The number of unbranched alkanes of at least 4 members (excludes halogenated alkanes) is 1. The van der Waals surface area contributed by atoms with Gasteiger partial charge < -0.3 is 9.47 Å². The molecule has 0 spiro atoms. The molecule has 2 nitrogen and oxygen atoms in total. The van der Waals surface area contributed by atoms with E-state index in [2.05, 4.69) is 130 Å². The average Bonchev–Trinajstić information content (AvgIpc) is 2.95. The Morgan fingerprint density at radius 3 is 1.30 bits per heavy atom. The Kier molecular flexibility index (Phi) is 24.0. The van der Waals surface area contributed by atoms with E-state index in [-0.39, 0.29) is 11.2 Å². The van der Waals surface area contributed by atoms with E-state index in [0.29, 0.717) is 23.7 Å². The predicted octanol–water partition coefficient (Wildman–Crippen LogP) is 13.1. The molecule has 256 valence electrons. The van der Waals surface area contributed by atoms with Gasteiger partial charge in [0.05, 0.1) is 11.2 Å². The largest absolute Gasteiger partial charge is 0.378 e. The first-order valence-electron chi connectivity index (χ1n) is 18.1. The van der Waals surface area contributed by atoms with Gasteiger partial charge in [0.25, 0.3) is 0 Å². The highest BCUT2D eigenvalue weighted by Gasteiger charge is 2.14. The fraction of sp³-hybridized carbons (Fsp3) is 0.762. The van der Waals surface area contributed by atoms with Crippen LogP contribution in [0, 0.1) is 35.5 Å². The van der Waals surface area contributed by atoms with Crippen molar-refractivity contribution in [3.63, 3.8) is 0 Å². The molecule has 0 fully saturated rings. The summed E-state index contributed by atoms with van der Waals surface area (Å²) >= 11 is 0. The van der Waals surface area contributed by atoms with Crippen LogP contribution < -0.4 is 0 Å². The van der Waals surface area contributed by atoms with Crippen molar-refractivity contribution >= 4 is 0 Å². The lowest BCUT2D eigenvalue weighted by Gasteiger charge is -2.20. The van der Waals surface area contributed by atoms with Gasteiger partial charge >= 0.3 is 0 Å². The van der Waals surface area contributed by atoms with Crippen molar-refractivity contribution in [2.24, 2.45) is 35.5 Å². The Labute approximate surface area is 276 Å². The highest BCUT2D eigenvalue weighted by atomic mass is 16.5. The molecule has 0 saturated carbocycles. The van der Waals surface area contributed by atoms with Gasteiger partial charge in [0.15, 0.2) is 0 Å². The van der Waals surface area contributed by atoms with Crippen LogP contribution in [-0.2, 0) is 9.47 Å². The Morgan fingerprint density at radius 2 is 0.841 bits per heavy atom. The molecule has 0 heterocycles. The Balaban J connectivity index is 4.01. The summed E-state index contributed by atoms with van der Waals surface area (Å²) in [5.41, 5.74) is -0.127. The maximum atomic E-state index is 5.50. The van der Waals surface area contributed by atoms with Gasteiger partial charge in [-0.1, -0.05) is 134 Å². The van der Waals surface area contributed by atoms with Crippen molar-refractivity contribution in [1.29, 1.82) is 0 Å². The van der Waals surface area contributed by atoms with Crippen molar-refractivity contribution in [3.05, 3.63) is 60.8 Å². The number of hydrogen-bond acceptors (Lipinski definition) is 2. The van der Waals surface area contributed by atoms with Gasteiger partial charge in [0, 0.05) is 14.2 Å². The molecule has 6 atom stereocenters. The maximum absolute atomic E-state index is 5.50. The lowest BCUT2D eigenvalue weighted by atomic mass is 9.94. The summed E-state index contributed by atoms with van der Waals surface area (Å²) in [6, 6.07) is 0. The molecule has 0 rings (SSSR count). The van der Waals surface area contributed by atoms with Crippen molar-refractivity contribution in [2.45, 2.75) is 157 Å². The van der Waals surface area contributed by atoms with E-state index in [1.807, 2.05) is 0 Å². The molecule has 44 heavy (non-hydrogen) atoms. The smallest absolute Gasteiger partial charge is 0.0657 e. The first kappa shape index (κ1) is 42.6. The molecule has 0 amide bonds. The minimum atomic E-state index is -0.0718. The monoisotopic (exact) mass is 613 g/mol. The zero-order valence-corrected chi connectivity index (χ0v) is 31.5. The fourth-order valence-electron chi connectivity index (χ4n) is 5.23. The van der Waals surface area contributed by atoms with Gasteiger partial charge in [-0.05, 0) is 108 Å². The zero-order valence-electron chi connectivity index (χ0n) is 31.5. The van der Waals surface area contributed by atoms with Crippen molar-refractivity contribution in [3.8, 4) is 0 Å². The van der Waals surface area contributed by atoms with Crippen LogP contribution in [0.3, 0.4) is 0 Å². The van der Waals surface area contributed by atoms with Crippen molar-refractivity contribution in [1.82, 2.24) is 0 Å². The van der Waals surface area contributed by atoms with Crippen molar-refractivity contribution < 1.29 is 9.47 Å². The summed E-state index contributed by atoms with van der Waals surface area (Å²) in [5, 5.41) is 0. The standard InChI is InChI=1S/C42H76O2/c1-35(23-15-25-37(3)27-17-29-39(5)31-19-33-41(7,8)43-11)21-13-14-22-36(2)24-16-26-38(4)28-18-30-40(6)32-20-34-42(9,10)44-12/h15-17,19-20,25-27,31-32,35-40H,13-14,18,21-24,28-30,33-34H2,1-12H3/b25-15+,26-16+,27-17+,31-19+,32-20+. The molecule has 0 N–H and O–H groups in total. The molecular formula is C42H76O2. The Bertz CT molecular complexity index is 827. The molecule has 0 aliphatic carbocycles. The molecule has 0 aromatic carbocycles. The number of methoxy groups -OCH3 is 2. The Hall–Kier alpha value is -1.38. The van der Waals surface area contributed by atoms with E-state index in [4.69, 9.17) is 9.47 Å². The van der Waals surface area contributed by atoms with Crippen LogP contribution in [0.25, 0.3) is 0 Å². The number of hydrogen-bond donors (Lipinski definition) is 0. The van der Waals surface area contributed by atoms with Crippen LogP contribution in [0.2, 0.25) is 0 Å². The SMILES string of the molecule is COC(C)(C)C/C=C/C(C)C/C=C/C(C)/C=C/CC(C)CCCCC(C)C/C=C/C(C)CCCC(C)/C=C/CC(C)(C)OC. The molecule has 0 aliphatic rings. The third kappa shape index (κ3) is 25.9. The lowest BCUT2D eigenvalue weighted by Crippen LogP contribution is -2.20. The second-order valence-electron chi connectivity index (χ2n) is 15.4. The average molecular weight is 613 g/mol. The molecular weight excluding hydrogens is 536 g/mol. The van der Waals surface area contributed by atoms with Crippen LogP contribution in [0.15, 0.2) is 60.8 Å². The second-order valence-corrected chi connectivity index (χ2v) is 15.4. The summed E-state index contributed by atoms with van der Waals surface area (Å²) in [6.45, 7) is 22.7. The molecule has 0 saturated heterocycles. The van der Waals surface area contributed by atoms with Gasteiger partial charge in [0.2, 0.25) is 0 Å². The summed E-state index contributed by atoms with van der Waals surface area (Å²) in [6.07, 6.45) is 38.4. The molecule has 0 radical (unpaired) electrons. The van der Waals surface area contributed by atoms with Crippen LogP contribution >= 0.6 is 0 Å². The molecule has 0 aromatic rings. The van der Waals surface area contributed by atoms with E-state index in [0.717, 1.165) is 31.1 Å². The zero-order chi connectivity index (χ0) is 33.4. The van der Waals surface area contributed by atoms with E-state index in [1.165, 1.54) is 57.8 Å². The summed E-state index contributed by atoms with van der Waals surface area (Å²) in [5.74, 6) is 3.97. The van der Waals surface area contributed by atoms with E-state index >= 15 is 0 Å². The van der Waals surface area contributed by atoms with E-state index < -0.39 is 0 Å². The van der Waals surface area contributed by atoms with Gasteiger partial charge in [-0.25, -0.2) is 0 Å². The summed E-state index contributed by atoms with van der Waals surface area (Å²) in [7, 11) is 3.58. The van der Waals surface area contributed by atoms with Gasteiger partial charge in [-0.2, -0.15) is 0 Å².